The third-order valence-electron chi connectivity index (χ3n) is 6.50. The van der Waals surface area contributed by atoms with Gasteiger partial charge in [-0.1, -0.05) is 13.3 Å². The highest BCUT2D eigenvalue weighted by atomic mass is 16.5. The maximum atomic E-state index is 13.1. The van der Waals surface area contributed by atoms with E-state index in [9.17, 15) is 29.7 Å². The van der Waals surface area contributed by atoms with Crippen LogP contribution in [-0.2, 0) is 19.1 Å². The molecule has 3 aliphatic rings. The first-order valence-corrected chi connectivity index (χ1v) is 9.42. The van der Waals surface area contributed by atoms with Gasteiger partial charge in [0.05, 0.1) is 18.6 Å². The third kappa shape index (κ3) is 2.64. The molecule has 3 N–H and O–H groups in total. The Kier molecular flexibility index (Phi) is 4.78. The van der Waals surface area contributed by atoms with Gasteiger partial charge in [0.15, 0.2) is 11.5 Å². The number of ketones is 2. The number of rotatable bonds is 3. The molecule has 28 heavy (non-hydrogen) atoms. The molecule has 0 aromatic carbocycles. The first-order valence-electron chi connectivity index (χ1n) is 9.42. The number of carbonyl (C=O) groups is 3. The Morgan fingerprint density at radius 1 is 1.25 bits per heavy atom. The summed E-state index contributed by atoms with van der Waals surface area (Å²) in [5, 5.41) is 31.1. The number of allylic oxidation sites excluding steroid dienone is 3. The molecule has 7 heteroatoms. The maximum absolute atomic E-state index is 13.1. The summed E-state index contributed by atoms with van der Waals surface area (Å²) in [5.74, 6) is -3.36. The Hall–Kier alpha value is -2.41. The molecule has 0 aromatic rings. The van der Waals surface area contributed by atoms with Crippen molar-refractivity contribution in [3.8, 4) is 0 Å². The van der Waals surface area contributed by atoms with Crippen LogP contribution < -0.4 is 0 Å². The van der Waals surface area contributed by atoms with Crippen molar-refractivity contribution < 1.29 is 34.4 Å². The fraction of sp³-hybridized carbons (Fsp3) is 0.571. The second-order valence-electron chi connectivity index (χ2n) is 8.51. The van der Waals surface area contributed by atoms with E-state index in [1.54, 1.807) is 13.8 Å². The van der Waals surface area contributed by atoms with Gasteiger partial charge in [0.1, 0.15) is 5.76 Å². The Labute approximate surface area is 163 Å². The van der Waals surface area contributed by atoms with Gasteiger partial charge in [0.25, 0.3) is 0 Å². The summed E-state index contributed by atoms with van der Waals surface area (Å²) in [6.07, 6.45) is 1.66. The Morgan fingerprint density at radius 3 is 2.46 bits per heavy atom. The molecule has 0 saturated heterocycles. The summed E-state index contributed by atoms with van der Waals surface area (Å²) >= 11 is 0. The lowest BCUT2D eigenvalue weighted by Gasteiger charge is -2.53. The number of carbonyl (C=O) groups excluding carboxylic acids is 3. The molecule has 3 aliphatic carbocycles. The van der Waals surface area contributed by atoms with Crippen molar-refractivity contribution in [2.24, 2.45) is 16.7 Å². The Bertz CT molecular complexity index is 860. The molecule has 1 saturated carbocycles. The normalized spacial score (nSPS) is 33.9. The standard InChI is InChI=1S/C21H26O7/c1-10(22)8-12-15(24)11-9-13(23)18-20(2,14(11)17(26)16(12)25)6-5-7-21(18,3)19(27)28-4/h9-10,18,22,24,26H,5-8H2,1-4H3. The summed E-state index contributed by atoms with van der Waals surface area (Å²) in [6, 6.07) is 0. The monoisotopic (exact) mass is 390 g/mol. The van der Waals surface area contributed by atoms with Crippen molar-refractivity contribution in [1.29, 1.82) is 0 Å². The number of aliphatic hydroxyl groups is 3. The van der Waals surface area contributed by atoms with Crippen LogP contribution in [-0.4, -0.2) is 46.1 Å². The topological polar surface area (TPSA) is 121 Å². The minimum atomic E-state index is -1.10. The summed E-state index contributed by atoms with van der Waals surface area (Å²) in [4.78, 5) is 38.4. The van der Waals surface area contributed by atoms with Crippen LogP contribution in [0.25, 0.3) is 0 Å². The van der Waals surface area contributed by atoms with E-state index in [1.807, 2.05) is 0 Å². The number of hydrogen-bond donors (Lipinski definition) is 3. The molecule has 3 rings (SSSR count). The molecule has 0 heterocycles. The lowest BCUT2D eigenvalue weighted by atomic mass is 9.48. The van der Waals surface area contributed by atoms with Crippen LogP contribution >= 0.6 is 0 Å². The predicted octanol–water partition coefficient (Wildman–Crippen LogP) is 2.46. The van der Waals surface area contributed by atoms with E-state index in [4.69, 9.17) is 4.74 Å². The van der Waals surface area contributed by atoms with Crippen molar-refractivity contribution in [3.63, 3.8) is 0 Å². The average Bonchev–Trinajstić information content (AvgIpc) is 2.61. The molecule has 1 fully saturated rings. The molecule has 0 amide bonds. The van der Waals surface area contributed by atoms with E-state index < -0.39 is 46.1 Å². The SMILES string of the molecule is COC(=O)C1(C)CCCC2(C)C3=C(O)C(=O)C(CC(C)O)=C(O)C3=CC(=O)C12. The van der Waals surface area contributed by atoms with E-state index in [0.29, 0.717) is 19.3 Å². The van der Waals surface area contributed by atoms with Crippen LogP contribution in [0.15, 0.2) is 34.3 Å². The van der Waals surface area contributed by atoms with Gasteiger partial charge in [0.2, 0.25) is 5.78 Å². The fourth-order valence-electron chi connectivity index (χ4n) is 5.37. The van der Waals surface area contributed by atoms with Crippen LogP contribution in [0.5, 0.6) is 0 Å². The van der Waals surface area contributed by atoms with Crippen LogP contribution in [0, 0.1) is 16.7 Å². The first-order chi connectivity index (χ1) is 13.0. The lowest BCUT2D eigenvalue weighted by molar-refractivity contribution is -0.165. The first kappa shape index (κ1) is 20.3. The van der Waals surface area contributed by atoms with Crippen molar-refractivity contribution in [3.05, 3.63) is 34.3 Å². The molecule has 0 aliphatic heterocycles. The van der Waals surface area contributed by atoms with Crippen molar-refractivity contribution >= 4 is 17.5 Å². The van der Waals surface area contributed by atoms with Gasteiger partial charge in [-0.3, -0.25) is 14.4 Å². The molecule has 0 bridgehead atoms. The van der Waals surface area contributed by atoms with Gasteiger partial charge in [-0.25, -0.2) is 0 Å². The van der Waals surface area contributed by atoms with E-state index in [1.165, 1.54) is 20.1 Å². The largest absolute Gasteiger partial charge is 0.507 e. The van der Waals surface area contributed by atoms with Crippen LogP contribution in [0.3, 0.4) is 0 Å². The molecule has 0 aromatic heterocycles. The van der Waals surface area contributed by atoms with E-state index in [2.05, 4.69) is 0 Å². The van der Waals surface area contributed by atoms with E-state index in [-0.39, 0.29) is 28.9 Å². The molecule has 152 valence electrons. The highest BCUT2D eigenvalue weighted by Gasteiger charge is 2.61. The van der Waals surface area contributed by atoms with Gasteiger partial charge in [0, 0.05) is 34.5 Å². The molecule has 0 spiro atoms. The summed E-state index contributed by atoms with van der Waals surface area (Å²) in [6.45, 7) is 4.88. The zero-order chi connectivity index (χ0) is 21.0. The van der Waals surface area contributed by atoms with Gasteiger partial charge < -0.3 is 20.1 Å². The van der Waals surface area contributed by atoms with Gasteiger partial charge in [-0.15, -0.1) is 0 Å². The summed E-state index contributed by atoms with van der Waals surface area (Å²) < 4.78 is 4.96. The number of ether oxygens (including phenoxy) is 1. The molecule has 7 nitrogen and oxygen atoms in total. The van der Waals surface area contributed by atoms with Crippen LogP contribution in [0.4, 0.5) is 0 Å². The zero-order valence-corrected chi connectivity index (χ0v) is 16.5. The number of hydrogen-bond acceptors (Lipinski definition) is 7. The highest BCUT2D eigenvalue weighted by molar-refractivity contribution is 6.12. The molecule has 4 atom stereocenters. The number of fused-ring (bicyclic) bond motifs is 3. The predicted molar refractivity (Wildman–Crippen MR) is 99.3 cm³/mol. The quantitative estimate of drug-likeness (QED) is 0.633. The average molecular weight is 390 g/mol. The molecule has 0 radical (unpaired) electrons. The van der Waals surface area contributed by atoms with Gasteiger partial charge in [-0.2, -0.15) is 0 Å². The maximum Gasteiger partial charge on any atom is 0.312 e. The van der Waals surface area contributed by atoms with Crippen molar-refractivity contribution in [1.82, 2.24) is 0 Å². The lowest BCUT2D eigenvalue weighted by Crippen LogP contribution is -2.55. The minimum Gasteiger partial charge on any atom is -0.507 e. The van der Waals surface area contributed by atoms with Crippen LogP contribution in [0.2, 0.25) is 0 Å². The molecular weight excluding hydrogens is 364 g/mol. The Balaban J connectivity index is 2.24. The molecule has 4 unspecified atom stereocenters. The number of methoxy groups -OCH3 is 1. The number of aliphatic hydroxyl groups excluding tert-OH is 3. The fourth-order valence-corrected chi connectivity index (χ4v) is 5.37. The van der Waals surface area contributed by atoms with Crippen molar-refractivity contribution in [2.45, 2.75) is 52.6 Å². The summed E-state index contributed by atoms with van der Waals surface area (Å²) in [5.41, 5.74) is -1.93. The summed E-state index contributed by atoms with van der Waals surface area (Å²) in [7, 11) is 1.27. The van der Waals surface area contributed by atoms with Crippen molar-refractivity contribution in [2.75, 3.05) is 7.11 Å². The third-order valence-corrected chi connectivity index (χ3v) is 6.50. The van der Waals surface area contributed by atoms with Gasteiger partial charge >= 0.3 is 5.97 Å². The van der Waals surface area contributed by atoms with E-state index in [0.717, 1.165) is 0 Å². The number of esters is 1. The van der Waals surface area contributed by atoms with E-state index >= 15 is 0 Å². The second kappa shape index (κ2) is 6.58. The zero-order valence-electron chi connectivity index (χ0n) is 16.5. The van der Waals surface area contributed by atoms with Gasteiger partial charge in [-0.05, 0) is 32.8 Å². The smallest absolute Gasteiger partial charge is 0.312 e. The van der Waals surface area contributed by atoms with Crippen LogP contribution in [0.1, 0.15) is 46.5 Å². The minimum absolute atomic E-state index is 0.102. The highest BCUT2D eigenvalue weighted by Crippen LogP contribution is 2.61. The molecular formula is C21H26O7. The number of Topliss-reactive ketones (excluding diaryl/α,β-unsaturated/α-hetero) is 1. The second-order valence-corrected chi connectivity index (χ2v) is 8.51. The Morgan fingerprint density at radius 2 is 1.89 bits per heavy atom.